The number of rotatable bonds is 4. The van der Waals surface area contributed by atoms with Crippen LogP contribution in [-0.2, 0) is 19.1 Å². The number of hydrogen-bond donors (Lipinski definition) is 2. The summed E-state index contributed by atoms with van der Waals surface area (Å²) in [5, 5.41) is 18.9. The molecule has 2 saturated heterocycles. The van der Waals surface area contributed by atoms with E-state index in [4.69, 9.17) is 9.47 Å². The number of piperidine rings is 2. The molecule has 0 aromatic heterocycles. The molecule has 12 heteroatoms. The van der Waals surface area contributed by atoms with Crippen molar-refractivity contribution in [1.82, 2.24) is 9.80 Å². The van der Waals surface area contributed by atoms with E-state index in [0.717, 1.165) is 0 Å². The van der Waals surface area contributed by atoms with Gasteiger partial charge >= 0.3 is 24.1 Å². The van der Waals surface area contributed by atoms with Crippen molar-refractivity contribution in [1.29, 1.82) is 0 Å². The first kappa shape index (κ1) is 36.3. The molecule has 2 aromatic carbocycles. The lowest BCUT2D eigenvalue weighted by atomic mass is 9.81. The molecular formula is C34H44F2N2O8. The highest BCUT2D eigenvalue weighted by Gasteiger charge is 2.39. The van der Waals surface area contributed by atoms with Crippen LogP contribution in [0.2, 0.25) is 0 Å². The quantitative estimate of drug-likeness (QED) is 0.385. The molecule has 0 unspecified atom stereocenters. The van der Waals surface area contributed by atoms with Crippen LogP contribution in [0.25, 0.3) is 0 Å². The van der Waals surface area contributed by atoms with E-state index in [1.165, 1.54) is 34.1 Å². The standard InChI is InChI=1S/2C17H22FNO4/c2*1-17(2,3)23-16(22)19-9-8-13(15(20)21)14(10-19)11-4-6-12(18)7-5-11/h2*4-7,13-14H,8-10H2,1-3H3,(H,20,21)/t2*13-,14-/m10/s1. The Balaban J connectivity index is 0.000000250. The zero-order valence-corrected chi connectivity index (χ0v) is 27.2. The summed E-state index contributed by atoms with van der Waals surface area (Å²) < 4.78 is 36.9. The summed E-state index contributed by atoms with van der Waals surface area (Å²) in [5.74, 6) is -4.51. The lowest BCUT2D eigenvalue weighted by Gasteiger charge is -2.37. The minimum Gasteiger partial charge on any atom is -0.481 e. The van der Waals surface area contributed by atoms with Gasteiger partial charge in [0.05, 0.1) is 11.8 Å². The van der Waals surface area contributed by atoms with Gasteiger partial charge in [0.1, 0.15) is 22.8 Å². The van der Waals surface area contributed by atoms with Gasteiger partial charge in [0.15, 0.2) is 0 Å². The van der Waals surface area contributed by atoms with Crippen molar-refractivity contribution in [3.05, 3.63) is 71.3 Å². The van der Waals surface area contributed by atoms with Gasteiger partial charge in [-0.1, -0.05) is 24.3 Å². The van der Waals surface area contributed by atoms with Crippen molar-refractivity contribution in [3.8, 4) is 0 Å². The molecule has 2 aliphatic heterocycles. The van der Waals surface area contributed by atoms with Crippen molar-refractivity contribution in [2.75, 3.05) is 26.2 Å². The second-order valence-corrected chi connectivity index (χ2v) is 13.6. The average molecular weight is 647 g/mol. The number of nitrogens with zero attached hydrogens (tertiary/aromatic N) is 2. The molecule has 4 atom stereocenters. The summed E-state index contributed by atoms with van der Waals surface area (Å²) in [7, 11) is 0. The SMILES string of the molecule is CC(C)(C)OC(=O)N1CC[C@@H](C(=O)O)[C@@H](c2ccc(F)cc2)C1.CC(C)(C)OC(=O)N1CC[C@H](C(=O)O)[C@H](c2ccc(F)cc2)C1. The molecule has 46 heavy (non-hydrogen) atoms. The maximum absolute atomic E-state index is 13.1. The normalized spacial score (nSPS) is 21.8. The molecule has 252 valence electrons. The Morgan fingerprint density at radius 1 is 0.630 bits per heavy atom. The van der Waals surface area contributed by atoms with E-state index in [1.54, 1.807) is 65.8 Å². The minimum atomic E-state index is -0.900. The zero-order chi connectivity index (χ0) is 34.4. The first-order chi connectivity index (χ1) is 21.3. The third-order valence-corrected chi connectivity index (χ3v) is 7.76. The van der Waals surface area contributed by atoms with E-state index in [1.807, 2.05) is 0 Å². The van der Waals surface area contributed by atoms with Gasteiger partial charge in [0, 0.05) is 38.0 Å². The number of benzene rings is 2. The van der Waals surface area contributed by atoms with Gasteiger partial charge in [0.25, 0.3) is 0 Å². The van der Waals surface area contributed by atoms with Crippen molar-refractivity contribution in [2.24, 2.45) is 11.8 Å². The summed E-state index contributed by atoms with van der Waals surface area (Å²) in [5.41, 5.74) is 0.220. The van der Waals surface area contributed by atoms with Crippen LogP contribution in [0, 0.1) is 23.5 Å². The van der Waals surface area contributed by atoms with Crippen LogP contribution in [0.4, 0.5) is 18.4 Å². The molecule has 0 bridgehead atoms. The van der Waals surface area contributed by atoms with E-state index in [9.17, 15) is 38.2 Å². The van der Waals surface area contributed by atoms with Crippen molar-refractivity contribution in [2.45, 2.75) is 77.4 Å². The van der Waals surface area contributed by atoms with Gasteiger partial charge in [-0.05, 0) is 89.8 Å². The van der Waals surface area contributed by atoms with E-state index >= 15 is 0 Å². The smallest absolute Gasteiger partial charge is 0.410 e. The molecular weight excluding hydrogens is 602 g/mol. The molecule has 0 radical (unpaired) electrons. The predicted octanol–water partition coefficient (Wildman–Crippen LogP) is 6.50. The van der Waals surface area contributed by atoms with Crippen LogP contribution >= 0.6 is 0 Å². The fraction of sp³-hybridized carbons (Fsp3) is 0.529. The zero-order valence-electron chi connectivity index (χ0n) is 27.2. The third-order valence-electron chi connectivity index (χ3n) is 7.76. The summed E-state index contributed by atoms with van der Waals surface area (Å²) in [6, 6.07) is 11.5. The van der Waals surface area contributed by atoms with Crippen LogP contribution in [0.1, 0.15) is 77.3 Å². The molecule has 4 rings (SSSR count). The highest BCUT2D eigenvalue weighted by atomic mass is 19.1. The molecule has 2 N–H and O–H groups in total. The monoisotopic (exact) mass is 646 g/mol. The summed E-state index contributed by atoms with van der Waals surface area (Å²) in [4.78, 5) is 50.5. The average Bonchev–Trinajstić information content (AvgIpc) is 2.96. The van der Waals surface area contributed by atoms with Gasteiger partial charge < -0.3 is 29.5 Å². The van der Waals surface area contributed by atoms with Crippen LogP contribution in [0.5, 0.6) is 0 Å². The topological polar surface area (TPSA) is 134 Å². The summed E-state index contributed by atoms with van der Waals surface area (Å²) in [6.45, 7) is 11.9. The Morgan fingerprint density at radius 3 is 1.20 bits per heavy atom. The maximum Gasteiger partial charge on any atom is 0.410 e. The number of carbonyl (C=O) groups is 4. The fourth-order valence-electron chi connectivity index (χ4n) is 5.58. The second kappa shape index (κ2) is 14.9. The van der Waals surface area contributed by atoms with E-state index in [2.05, 4.69) is 0 Å². The van der Waals surface area contributed by atoms with Crippen LogP contribution in [-0.4, -0.2) is 81.5 Å². The highest BCUT2D eigenvalue weighted by Crippen LogP contribution is 2.35. The Kier molecular flexibility index (Phi) is 11.8. The maximum atomic E-state index is 13.1. The molecule has 0 saturated carbocycles. The first-order valence-corrected chi connectivity index (χ1v) is 15.3. The van der Waals surface area contributed by atoms with Crippen LogP contribution in [0.3, 0.4) is 0 Å². The summed E-state index contributed by atoms with van der Waals surface area (Å²) in [6.07, 6.45) is -0.213. The van der Waals surface area contributed by atoms with E-state index in [-0.39, 0.29) is 36.6 Å². The second-order valence-electron chi connectivity index (χ2n) is 13.6. The van der Waals surface area contributed by atoms with Crippen LogP contribution in [0.15, 0.2) is 48.5 Å². The van der Waals surface area contributed by atoms with Gasteiger partial charge in [-0.25, -0.2) is 18.4 Å². The Labute approximate surface area is 268 Å². The third kappa shape index (κ3) is 10.4. The highest BCUT2D eigenvalue weighted by molar-refractivity contribution is 5.74. The van der Waals surface area contributed by atoms with Crippen molar-refractivity contribution >= 4 is 24.1 Å². The summed E-state index contributed by atoms with van der Waals surface area (Å²) >= 11 is 0. The van der Waals surface area contributed by atoms with E-state index in [0.29, 0.717) is 37.1 Å². The molecule has 2 aromatic rings. The molecule has 0 spiro atoms. The molecule has 2 heterocycles. The number of likely N-dealkylation sites (tertiary alicyclic amines) is 2. The molecule has 2 fully saturated rings. The van der Waals surface area contributed by atoms with Crippen molar-refractivity contribution in [3.63, 3.8) is 0 Å². The lowest BCUT2D eigenvalue weighted by molar-refractivity contribution is -0.145. The number of carboxylic acids is 2. The number of carboxylic acid groups (broad SMARTS) is 2. The van der Waals surface area contributed by atoms with Gasteiger partial charge in [-0.15, -0.1) is 0 Å². The number of amides is 2. The molecule has 0 aliphatic carbocycles. The molecule has 10 nitrogen and oxygen atoms in total. The first-order valence-electron chi connectivity index (χ1n) is 15.3. The predicted molar refractivity (Wildman–Crippen MR) is 165 cm³/mol. The fourth-order valence-corrected chi connectivity index (χ4v) is 5.58. The van der Waals surface area contributed by atoms with E-state index < -0.39 is 47.2 Å². The Bertz CT molecular complexity index is 1260. The molecule has 2 amide bonds. The lowest BCUT2D eigenvalue weighted by Crippen LogP contribution is -2.46. The number of ether oxygens (including phenoxy) is 2. The number of aliphatic carboxylic acids is 2. The minimum absolute atomic E-state index is 0.248. The molecule has 2 aliphatic rings. The van der Waals surface area contributed by atoms with Gasteiger partial charge in [-0.2, -0.15) is 0 Å². The number of halogens is 2. The number of hydrogen-bond acceptors (Lipinski definition) is 6. The van der Waals surface area contributed by atoms with Crippen LogP contribution < -0.4 is 0 Å². The van der Waals surface area contributed by atoms with Crippen molar-refractivity contribution < 1.29 is 47.6 Å². The van der Waals surface area contributed by atoms with Gasteiger partial charge in [0.2, 0.25) is 0 Å². The van der Waals surface area contributed by atoms with Gasteiger partial charge in [-0.3, -0.25) is 9.59 Å². The number of carbonyl (C=O) groups excluding carboxylic acids is 2. The largest absolute Gasteiger partial charge is 0.481 e. The Hall–Kier alpha value is -4.22. The Morgan fingerprint density at radius 2 is 0.935 bits per heavy atom.